The van der Waals surface area contributed by atoms with E-state index in [0.29, 0.717) is 6.42 Å². The SMILES string of the molecule is O=C1C=c2cccc3c2=C(C1)C1=C3SCS1. The molecule has 2 aliphatic carbocycles. The summed E-state index contributed by atoms with van der Waals surface area (Å²) in [6.07, 6.45) is 2.39. The molecule has 1 aromatic carbocycles. The van der Waals surface area contributed by atoms with Crippen LogP contribution in [-0.4, -0.2) is 10.9 Å². The molecule has 0 bridgehead atoms. The molecule has 0 unspecified atom stereocenters. The molecular formula is C13H8OS2. The number of hydrogen-bond donors (Lipinski definition) is 0. The van der Waals surface area contributed by atoms with Crippen LogP contribution in [-0.2, 0) is 4.79 Å². The summed E-state index contributed by atoms with van der Waals surface area (Å²) in [6, 6.07) is 6.29. The van der Waals surface area contributed by atoms with Gasteiger partial charge in [0.25, 0.3) is 0 Å². The van der Waals surface area contributed by atoms with Crippen LogP contribution in [0.5, 0.6) is 0 Å². The molecule has 78 valence electrons. The second-order valence-electron chi connectivity index (χ2n) is 4.10. The topological polar surface area (TPSA) is 17.1 Å². The number of allylic oxidation sites excluding steroid dienone is 1. The first-order chi connectivity index (χ1) is 7.84. The standard InChI is InChI=1S/C13H8OS2/c14-8-4-7-2-1-3-9-11(7)10(5-8)13-12(9)15-6-16-13/h1-4H,5-6H2. The van der Waals surface area contributed by atoms with Crippen LogP contribution in [0.15, 0.2) is 23.1 Å². The molecule has 0 saturated heterocycles. The molecule has 0 atom stereocenters. The highest BCUT2D eigenvalue weighted by Crippen LogP contribution is 2.51. The van der Waals surface area contributed by atoms with E-state index in [1.807, 2.05) is 29.6 Å². The first-order valence-electron chi connectivity index (χ1n) is 5.22. The number of benzene rings is 1. The van der Waals surface area contributed by atoms with Gasteiger partial charge in [-0.05, 0) is 27.6 Å². The second-order valence-corrected chi connectivity index (χ2v) is 6.44. The van der Waals surface area contributed by atoms with E-state index in [1.165, 1.54) is 26.2 Å². The lowest BCUT2D eigenvalue weighted by atomic mass is 10.00. The van der Waals surface area contributed by atoms with Gasteiger partial charge in [0.2, 0.25) is 0 Å². The summed E-state index contributed by atoms with van der Waals surface area (Å²) in [6.45, 7) is 0. The monoisotopic (exact) mass is 244 g/mol. The molecule has 4 rings (SSSR count). The van der Waals surface area contributed by atoms with Crippen molar-refractivity contribution in [3.63, 3.8) is 0 Å². The summed E-state index contributed by atoms with van der Waals surface area (Å²) in [5.74, 6) is 0.242. The van der Waals surface area contributed by atoms with Crippen molar-refractivity contribution in [3.8, 4) is 0 Å². The van der Waals surface area contributed by atoms with Crippen molar-refractivity contribution < 1.29 is 4.79 Å². The van der Waals surface area contributed by atoms with E-state index in [1.54, 1.807) is 6.08 Å². The molecule has 1 aromatic rings. The first-order valence-corrected chi connectivity index (χ1v) is 7.19. The van der Waals surface area contributed by atoms with Crippen molar-refractivity contribution in [2.75, 3.05) is 5.08 Å². The molecule has 0 fully saturated rings. The summed E-state index contributed by atoms with van der Waals surface area (Å²) < 4.78 is 0. The van der Waals surface area contributed by atoms with Gasteiger partial charge in [-0.3, -0.25) is 4.79 Å². The molecule has 0 saturated carbocycles. The zero-order valence-electron chi connectivity index (χ0n) is 8.45. The van der Waals surface area contributed by atoms with Crippen molar-refractivity contribution in [2.45, 2.75) is 6.42 Å². The molecule has 3 heteroatoms. The van der Waals surface area contributed by atoms with Crippen LogP contribution >= 0.6 is 23.5 Å². The normalized spacial score (nSPS) is 21.0. The minimum absolute atomic E-state index is 0.242. The maximum absolute atomic E-state index is 11.7. The third-order valence-electron chi connectivity index (χ3n) is 3.20. The van der Waals surface area contributed by atoms with E-state index in [9.17, 15) is 4.79 Å². The Balaban J connectivity index is 2.19. The highest BCUT2D eigenvalue weighted by molar-refractivity contribution is 8.26. The lowest BCUT2D eigenvalue weighted by Gasteiger charge is -2.08. The Hall–Kier alpha value is -0.930. The lowest BCUT2D eigenvalue weighted by Crippen LogP contribution is -2.32. The molecule has 1 heterocycles. The minimum atomic E-state index is 0.242. The van der Waals surface area contributed by atoms with E-state index in [4.69, 9.17) is 0 Å². The Morgan fingerprint density at radius 2 is 2.00 bits per heavy atom. The van der Waals surface area contributed by atoms with E-state index >= 15 is 0 Å². The summed E-state index contributed by atoms with van der Waals surface area (Å²) in [7, 11) is 0. The quantitative estimate of drug-likeness (QED) is 0.691. The Kier molecular flexibility index (Phi) is 1.74. The smallest absolute Gasteiger partial charge is 0.160 e. The largest absolute Gasteiger partial charge is 0.294 e. The van der Waals surface area contributed by atoms with Gasteiger partial charge in [0, 0.05) is 21.3 Å². The van der Waals surface area contributed by atoms with Crippen molar-refractivity contribution in [1.82, 2.24) is 0 Å². The number of carbonyl (C=O) groups excluding carboxylic acids is 1. The van der Waals surface area contributed by atoms with Gasteiger partial charge in [0.1, 0.15) is 0 Å². The Morgan fingerprint density at radius 3 is 2.94 bits per heavy atom. The van der Waals surface area contributed by atoms with Gasteiger partial charge in [0.15, 0.2) is 5.78 Å². The molecular weight excluding hydrogens is 236 g/mol. The number of thioether (sulfide) groups is 2. The number of ketones is 1. The molecule has 0 radical (unpaired) electrons. The summed E-state index contributed by atoms with van der Waals surface area (Å²) in [5.41, 5.74) is 2.63. The Bertz CT molecular complexity index is 682. The van der Waals surface area contributed by atoms with Crippen LogP contribution in [0.1, 0.15) is 12.0 Å². The number of carbonyl (C=O) groups is 1. The average molecular weight is 244 g/mol. The summed E-state index contributed by atoms with van der Waals surface area (Å²) in [5, 5.41) is 3.53. The van der Waals surface area contributed by atoms with Crippen molar-refractivity contribution in [1.29, 1.82) is 0 Å². The number of rotatable bonds is 0. The van der Waals surface area contributed by atoms with E-state index in [-0.39, 0.29) is 5.78 Å². The van der Waals surface area contributed by atoms with E-state index in [2.05, 4.69) is 12.1 Å². The van der Waals surface area contributed by atoms with Gasteiger partial charge in [-0.2, -0.15) is 0 Å². The lowest BCUT2D eigenvalue weighted by molar-refractivity contribution is -0.112. The average Bonchev–Trinajstić information content (AvgIpc) is 2.83. The molecule has 16 heavy (non-hydrogen) atoms. The fourth-order valence-corrected chi connectivity index (χ4v) is 5.30. The van der Waals surface area contributed by atoms with Crippen LogP contribution in [0.4, 0.5) is 0 Å². The van der Waals surface area contributed by atoms with Crippen LogP contribution in [0, 0.1) is 0 Å². The van der Waals surface area contributed by atoms with Crippen molar-refractivity contribution in [2.24, 2.45) is 0 Å². The van der Waals surface area contributed by atoms with Crippen LogP contribution in [0.25, 0.3) is 16.6 Å². The van der Waals surface area contributed by atoms with Gasteiger partial charge in [-0.25, -0.2) is 0 Å². The molecule has 0 N–H and O–H groups in total. The summed E-state index contributed by atoms with van der Waals surface area (Å²) >= 11 is 3.80. The Morgan fingerprint density at radius 1 is 1.12 bits per heavy atom. The molecule has 0 aromatic heterocycles. The van der Waals surface area contributed by atoms with Crippen LogP contribution in [0.2, 0.25) is 0 Å². The second kappa shape index (κ2) is 3.05. The first kappa shape index (κ1) is 9.14. The highest BCUT2D eigenvalue weighted by Gasteiger charge is 2.30. The number of Topliss-reactive ketones (excluding diaryl/α,β-unsaturated/α-hetero) is 1. The van der Waals surface area contributed by atoms with Crippen LogP contribution in [0.3, 0.4) is 0 Å². The predicted molar refractivity (Wildman–Crippen MR) is 70.2 cm³/mol. The third-order valence-corrected chi connectivity index (χ3v) is 5.72. The zero-order valence-corrected chi connectivity index (χ0v) is 10.1. The zero-order chi connectivity index (χ0) is 10.7. The molecule has 1 aliphatic heterocycles. The minimum Gasteiger partial charge on any atom is -0.294 e. The molecule has 1 nitrogen and oxygen atoms in total. The van der Waals surface area contributed by atoms with Crippen LogP contribution < -0.4 is 10.4 Å². The van der Waals surface area contributed by atoms with E-state index < -0.39 is 0 Å². The summed E-state index contributed by atoms with van der Waals surface area (Å²) in [4.78, 5) is 14.5. The highest BCUT2D eigenvalue weighted by atomic mass is 32.2. The molecule has 3 aliphatic rings. The van der Waals surface area contributed by atoms with Crippen molar-refractivity contribution in [3.05, 3.63) is 39.1 Å². The van der Waals surface area contributed by atoms with E-state index in [0.717, 1.165) is 10.3 Å². The number of fused-ring (bicyclic) bond motifs is 2. The van der Waals surface area contributed by atoms with Gasteiger partial charge in [0.05, 0.1) is 0 Å². The maximum Gasteiger partial charge on any atom is 0.160 e. The Labute approximate surface area is 101 Å². The predicted octanol–water partition coefficient (Wildman–Crippen LogP) is 1.71. The van der Waals surface area contributed by atoms with Crippen molar-refractivity contribution >= 4 is 45.9 Å². The van der Waals surface area contributed by atoms with Gasteiger partial charge >= 0.3 is 0 Å². The van der Waals surface area contributed by atoms with Gasteiger partial charge in [-0.1, -0.05) is 18.2 Å². The van der Waals surface area contributed by atoms with Gasteiger partial charge < -0.3 is 0 Å². The maximum atomic E-state index is 11.7. The fraction of sp³-hybridized carbons (Fsp3) is 0.154. The molecule has 0 spiro atoms. The number of hydrogen-bond acceptors (Lipinski definition) is 3. The van der Waals surface area contributed by atoms with Gasteiger partial charge in [-0.15, -0.1) is 23.5 Å². The fourth-order valence-electron chi connectivity index (χ4n) is 2.60. The third kappa shape index (κ3) is 1.03. The molecule has 0 amide bonds.